The molecule has 1 amide bonds. The fraction of sp³-hybridized carbons (Fsp3) is 0.300. The maximum absolute atomic E-state index is 11.9. The second-order valence-corrected chi connectivity index (χ2v) is 6.72. The zero-order valence-electron chi connectivity index (χ0n) is 15.0. The summed E-state index contributed by atoms with van der Waals surface area (Å²) in [7, 11) is 0. The molecule has 1 aliphatic rings. The third-order valence-corrected chi connectivity index (χ3v) is 4.23. The first-order chi connectivity index (χ1) is 13.0. The van der Waals surface area contributed by atoms with Gasteiger partial charge in [-0.05, 0) is 54.4 Å². The standard InChI is InChI=1S/C20H21ClN2O4/c1-20(26-10-11-27-20)12-19(24)23-22-13-15-4-8-18(9-5-15)25-14-16-2-6-17(21)7-3-16/h2-9,13H,10-12,14H2,1H3,(H,23,24)/b22-13+. The van der Waals surface area contributed by atoms with Crippen LogP contribution in [0.4, 0.5) is 0 Å². The predicted octanol–water partition coefficient (Wildman–Crippen LogP) is 3.52. The number of hydrazone groups is 1. The van der Waals surface area contributed by atoms with Gasteiger partial charge in [-0.25, -0.2) is 5.43 Å². The topological polar surface area (TPSA) is 69.2 Å². The first kappa shape index (κ1) is 19.4. The summed E-state index contributed by atoms with van der Waals surface area (Å²) in [4.78, 5) is 11.9. The lowest BCUT2D eigenvalue weighted by Gasteiger charge is -2.20. The van der Waals surface area contributed by atoms with E-state index in [4.69, 9.17) is 25.8 Å². The van der Waals surface area contributed by atoms with E-state index in [1.54, 1.807) is 13.1 Å². The molecule has 0 bridgehead atoms. The van der Waals surface area contributed by atoms with Crippen molar-refractivity contribution in [3.8, 4) is 5.75 Å². The summed E-state index contributed by atoms with van der Waals surface area (Å²) in [5.74, 6) is -0.379. The second kappa shape index (κ2) is 8.99. The van der Waals surface area contributed by atoms with E-state index in [2.05, 4.69) is 10.5 Å². The van der Waals surface area contributed by atoms with Gasteiger partial charge in [0.2, 0.25) is 5.91 Å². The van der Waals surface area contributed by atoms with Crippen LogP contribution in [0.3, 0.4) is 0 Å². The van der Waals surface area contributed by atoms with Gasteiger partial charge in [-0.15, -0.1) is 0 Å². The highest BCUT2D eigenvalue weighted by Crippen LogP contribution is 2.22. The minimum atomic E-state index is -0.858. The van der Waals surface area contributed by atoms with Crippen LogP contribution in [0.25, 0.3) is 0 Å². The second-order valence-electron chi connectivity index (χ2n) is 6.28. The van der Waals surface area contributed by atoms with Crippen molar-refractivity contribution in [3.63, 3.8) is 0 Å². The summed E-state index contributed by atoms with van der Waals surface area (Å²) in [6.45, 7) is 3.20. The molecule has 2 aromatic carbocycles. The van der Waals surface area contributed by atoms with Gasteiger partial charge in [-0.1, -0.05) is 23.7 Å². The number of nitrogens with zero attached hydrogens (tertiary/aromatic N) is 1. The van der Waals surface area contributed by atoms with Gasteiger partial charge in [0.1, 0.15) is 12.4 Å². The summed E-state index contributed by atoms with van der Waals surface area (Å²) in [6, 6.07) is 14.9. The largest absolute Gasteiger partial charge is 0.489 e. The minimum Gasteiger partial charge on any atom is -0.489 e. The van der Waals surface area contributed by atoms with Crippen molar-refractivity contribution in [2.75, 3.05) is 13.2 Å². The van der Waals surface area contributed by atoms with Crippen molar-refractivity contribution in [1.82, 2.24) is 5.43 Å². The van der Waals surface area contributed by atoms with Gasteiger partial charge in [-0.2, -0.15) is 5.10 Å². The van der Waals surface area contributed by atoms with Crippen LogP contribution in [0.2, 0.25) is 5.02 Å². The van der Waals surface area contributed by atoms with Gasteiger partial charge in [0.15, 0.2) is 5.79 Å². The molecule has 3 rings (SSSR count). The van der Waals surface area contributed by atoms with Crippen LogP contribution in [0.1, 0.15) is 24.5 Å². The van der Waals surface area contributed by atoms with Gasteiger partial charge < -0.3 is 14.2 Å². The third-order valence-electron chi connectivity index (χ3n) is 3.98. The average Bonchev–Trinajstić information content (AvgIpc) is 3.08. The molecule has 0 radical (unpaired) electrons. The lowest BCUT2D eigenvalue weighted by Crippen LogP contribution is -2.33. The van der Waals surface area contributed by atoms with Crippen LogP contribution in [-0.4, -0.2) is 31.1 Å². The van der Waals surface area contributed by atoms with Crippen LogP contribution in [0.15, 0.2) is 53.6 Å². The molecule has 142 valence electrons. The number of carbonyl (C=O) groups excluding carboxylic acids is 1. The number of hydrogen-bond donors (Lipinski definition) is 1. The number of carbonyl (C=O) groups is 1. The van der Waals surface area contributed by atoms with Crippen LogP contribution < -0.4 is 10.2 Å². The Morgan fingerprint density at radius 2 is 1.85 bits per heavy atom. The Bertz CT molecular complexity index is 785. The molecule has 2 aromatic rings. The van der Waals surface area contributed by atoms with E-state index < -0.39 is 5.79 Å². The molecule has 0 aliphatic carbocycles. The molecule has 0 saturated carbocycles. The maximum Gasteiger partial charge on any atom is 0.245 e. The molecule has 1 N–H and O–H groups in total. The zero-order chi connectivity index (χ0) is 19.1. The van der Waals surface area contributed by atoms with E-state index in [-0.39, 0.29) is 12.3 Å². The molecule has 0 aromatic heterocycles. The van der Waals surface area contributed by atoms with E-state index in [0.29, 0.717) is 24.8 Å². The normalized spacial score (nSPS) is 15.8. The van der Waals surface area contributed by atoms with E-state index in [0.717, 1.165) is 16.9 Å². The number of ether oxygens (including phenoxy) is 3. The summed E-state index contributed by atoms with van der Waals surface area (Å²) in [5, 5.41) is 4.66. The molecule has 0 atom stereocenters. The van der Waals surface area contributed by atoms with Crippen molar-refractivity contribution < 1.29 is 19.0 Å². The molecular weight excluding hydrogens is 368 g/mol. The monoisotopic (exact) mass is 388 g/mol. The SMILES string of the molecule is CC1(CC(=O)N/N=C/c2ccc(OCc3ccc(Cl)cc3)cc2)OCCO1. The van der Waals surface area contributed by atoms with Gasteiger partial charge in [-0.3, -0.25) is 4.79 Å². The number of amides is 1. The summed E-state index contributed by atoms with van der Waals surface area (Å²) in [6.07, 6.45) is 1.67. The first-order valence-corrected chi connectivity index (χ1v) is 8.97. The number of hydrogen-bond acceptors (Lipinski definition) is 5. The maximum atomic E-state index is 11.9. The van der Waals surface area contributed by atoms with Crippen LogP contribution >= 0.6 is 11.6 Å². The van der Waals surface area contributed by atoms with Crippen LogP contribution in [0.5, 0.6) is 5.75 Å². The molecule has 0 spiro atoms. The van der Waals surface area contributed by atoms with Crippen molar-refractivity contribution in [3.05, 3.63) is 64.7 Å². The fourth-order valence-electron chi connectivity index (χ4n) is 2.57. The highest BCUT2D eigenvalue weighted by Gasteiger charge is 2.33. The van der Waals surface area contributed by atoms with E-state index in [1.807, 2.05) is 48.5 Å². The number of rotatable bonds is 7. The lowest BCUT2D eigenvalue weighted by atomic mass is 10.2. The van der Waals surface area contributed by atoms with Crippen molar-refractivity contribution in [2.45, 2.75) is 25.7 Å². The van der Waals surface area contributed by atoms with Gasteiger partial charge in [0.25, 0.3) is 0 Å². The number of benzene rings is 2. The van der Waals surface area contributed by atoms with Crippen molar-refractivity contribution in [1.29, 1.82) is 0 Å². The van der Waals surface area contributed by atoms with Crippen LogP contribution in [-0.2, 0) is 20.9 Å². The molecule has 7 heteroatoms. The number of nitrogens with one attached hydrogen (secondary N) is 1. The molecule has 1 fully saturated rings. The Hall–Kier alpha value is -2.41. The van der Waals surface area contributed by atoms with Crippen molar-refractivity contribution >= 4 is 23.7 Å². The fourth-order valence-corrected chi connectivity index (χ4v) is 2.69. The smallest absolute Gasteiger partial charge is 0.245 e. The first-order valence-electron chi connectivity index (χ1n) is 8.60. The summed E-state index contributed by atoms with van der Waals surface area (Å²) >= 11 is 5.86. The zero-order valence-corrected chi connectivity index (χ0v) is 15.7. The molecule has 6 nitrogen and oxygen atoms in total. The Morgan fingerprint density at radius 3 is 2.52 bits per heavy atom. The van der Waals surface area contributed by atoms with Crippen molar-refractivity contribution in [2.24, 2.45) is 5.10 Å². The Kier molecular flexibility index (Phi) is 6.45. The Labute approximate surface area is 163 Å². The van der Waals surface area contributed by atoms with E-state index in [1.165, 1.54) is 0 Å². The molecular formula is C20H21ClN2O4. The van der Waals surface area contributed by atoms with Gasteiger partial charge >= 0.3 is 0 Å². The molecule has 1 saturated heterocycles. The molecule has 0 unspecified atom stereocenters. The van der Waals surface area contributed by atoms with E-state index >= 15 is 0 Å². The van der Waals surface area contributed by atoms with Gasteiger partial charge in [0.05, 0.1) is 25.8 Å². The quantitative estimate of drug-likeness (QED) is 0.582. The van der Waals surface area contributed by atoms with Gasteiger partial charge in [0, 0.05) is 5.02 Å². The molecule has 1 heterocycles. The Morgan fingerprint density at radius 1 is 1.19 bits per heavy atom. The van der Waals surface area contributed by atoms with E-state index in [9.17, 15) is 4.79 Å². The minimum absolute atomic E-state index is 0.0990. The summed E-state index contributed by atoms with van der Waals surface area (Å²) < 4.78 is 16.5. The molecule has 1 aliphatic heterocycles. The predicted molar refractivity (Wildman–Crippen MR) is 103 cm³/mol. The molecule has 27 heavy (non-hydrogen) atoms. The summed E-state index contributed by atoms with van der Waals surface area (Å²) in [5.41, 5.74) is 4.36. The highest BCUT2D eigenvalue weighted by atomic mass is 35.5. The number of halogens is 1. The average molecular weight is 389 g/mol. The Balaban J connectivity index is 1.44. The van der Waals surface area contributed by atoms with Crippen LogP contribution in [0, 0.1) is 0 Å². The lowest BCUT2D eigenvalue weighted by molar-refractivity contribution is -0.159. The third kappa shape index (κ3) is 6.06. The highest BCUT2D eigenvalue weighted by molar-refractivity contribution is 6.30.